The van der Waals surface area contributed by atoms with E-state index in [-0.39, 0.29) is 11.6 Å². The van der Waals surface area contributed by atoms with Crippen molar-refractivity contribution in [2.75, 3.05) is 0 Å². The van der Waals surface area contributed by atoms with E-state index in [1.54, 1.807) is 0 Å². The Labute approximate surface area is 113 Å². The number of carboxylic acids is 1. The molecule has 4 bridgehead atoms. The van der Waals surface area contributed by atoms with E-state index in [9.17, 15) is 9.59 Å². The maximum atomic E-state index is 12.0. The molecule has 4 aliphatic rings. The summed E-state index contributed by atoms with van der Waals surface area (Å²) in [6.07, 6.45) is 7.21. The standard InChI is InChI=1S/C14H22N2O3/c1-8(12(17)18)15-13(19)16-14-5-9-2-10(6-14)4-11(3-9)7-14/h8-11H,2-7H2,1H3,(H,17,18)(H2,15,16,19). The van der Waals surface area contributed by atoms with Gasteiger partial charge in [-0.2, -0.15) is 0 Å². The van der Waals surface area contributed by atoms with Gasteiger partial charge in [0.05, 0.1) is 0 Å². The Kier molecular flexibility index (Phi) is 2.95. The molecule has 0 spiro atoms. The highest BCUT2D eigenvalue weighted by Gasteiger charge is 2.51. The molecule has 0 aromatic rings. The van der Waals surface area contributed by atoms with Gasteiger partial charge in [0, 0.05) is 5.54 Å². The molecule has 0 radical (unpaired) electrons. The van der Waals surface area contributed by atoms with Crippen LogP contribution in [0, 0.1) is 17.8 Å². The molecule has 5 heteroatoms. The van der Waals surface area contributed by atoms with Crippen molar-refractivity contribution in [1.29, 1.82) is 0 Å². The van der Waals surface area contributed by atoms with Crippen LogP contribution in [0.2, 0.25) is 0 Å². The summed E-state index contributed by atoms with van der Waals surface area (Å²) < 4.78 is 0. The third-order valence-corrected chi connectivity index (χ3v) is 5.13. The van der Waals surface area contributed by atoms with Gasteiger partial charge in [-0.15, -0.1) is 0 Å². The number of amides is 2. The molecule has 0 heterocycles. The van der Waals surface area contributed by atoms with E-state index in [4.69, 9.17) is 5.11 Å². The molecule has 4 fully saturated rings. The van der Waals surface area contributed by atoms with Crippen LogP contribution in [-0.4, -0.2) is 28.7 Å². The van der Waals surface area contributed by atoms with Crippen LogP contribution in [0.3, 0.4) is 0 Å². The lowest BCUT2D eigenvalue weighted by Gasteiger charge is -2.56. The van der Waals surface area contributed by atoms with Crippen molar-refractivity contribution in [3.63, 3.8) is 0 Å². The van der Waals surface area contributed by atoms with E-state index in [0.717, 1.165) is 37.0 Å². The zero-order chi connectivity index (χ0) is 13.6. The van der Waals surface area contributed by atoms with Crippen LogP contribution in [-0.2, 0) is 4.79 Å². The van der Waals surface area contributed by atoms with E-state index in [1.165, 1.54) is 26.2 Å². The van der Waals surface area contributed by atoms with E-state index in [0.29, 0.717) is 0 Å². The summed E-state index contributed by atoms with van der Waals surface area (Å²) in [6.45, 7) is 1.49. The molecule has 4 aliphatic carbocycles. The maximum absolute atomic E-state index is 12.0. The molecular formula is C14H22N2O3. The van der Waals surface area contributed by atoms with Crippen LogP contribution < -0.4 is 10.6 Å². The minimum atomic E-state index is -0.999. The number of hydrogen-bond donors (Lipinski definition) is 3. The number of hydrogen-bond acceptors (Lipinski definition) is 2. The average Bonchev–Trinajstić information content (AvgIpc) is 2.25. The highest BCUT2D eigenvalue weighted by Crippen LogP contribution is 2.55. The SMILES string of the molecule is CC(NC(=O)NC12CC3CC(CC(C3)C1)C2)C(=O)O. The third kappa shape index (κ3) is 2.42. The Balaban J connectivity index is 1.63. The zero-order valence-corrected chi connectivity index (χ0v) is 11.3. The Morgan fingerprint density at radius 3 is 2.00 bits per heavy atom. The summed E-state index contributed by atoms with van der Waals surface area (Å²) in [5, 5.41) is 14.4. The summed E-state index contributed by atoms with van der Waals surface area (Å²) in [4.78, 5) is 22.7. The van der Waals surface area contributed by atoms with Gasteiger partial charge >= 0.3 is 12.0 Å². The highest BCUT2D eigenvalue weighted by molar-refractivity contribution is 5.82. The molecule has 3 N–H and O–H groups in total. The molecule has 4 saturated carbocycles. The lowest BCUT2D eigenvalue weighted by molar-refractivity contribution is -0.138. The number of carbonyl (C=O) groups is 2. The predicted molar refractivity (Wildman–Crippen MR) is 69.7 cm³/mol. The van der Waals surface area contributed by atoms with Crippen molar-refractivity contribution < 1.29 is 14.7 Å². The summed E-state index contributed by atoms with van der Waals surface area (Å²) in [7, 11) is 0. The minimum Gasteiger partial charge on any atom is -0.480 e. The van der Waals surface area contributed by atoms with E-state index in [2.05, 4.69) is 10.6 Å². The van der Waals surface area contributed by atoms with Crippen LogP contribution in [0.4, 0.5) is 4.79 Å². The fourth-order valence-corrected chi connectivity index (χ4v) is 4.80. The molecule has 1 atom stereocenters. The van der Waals surface area contributed by atoms with Crippen molar-refractivity contribution in [2.45, 2.75) is 57.0 Å². The molecular weight excluding hydrogens is 244 g/mol. The van der Waals surface area contributed by atoms with Crippen molar-refractivity contribution in [3.8, 4) is 0 Å². The number of aliphatic carboxylic acids is 1. The lowest BCUT2D eigenvalue weighted by atomic mass is 9.53. The molecule has 5 nitrogen and oxygen atoms in total. The van der Waals surface area contributed by atoms with Crippen molar-refractivity contribution in [2.24, 2.45) is 17.8 Å². The Morgan fingerprint density at radius 2 is 1.58 bits per heavy atom. The average molecular weight is 266 g/mol. The minimum absolute atomic E-state index is 0.0585. The first kappa shape index (κ1) is 12.8. The lowest BCUT2D eigenvalue weighted by Crippen LogP contribution is -2.62. The normalized spacial score (nSPS) is 40.8. The maximum Gasteiger partial charge on any atom is 0.325 e. The van der Waals surface area contributed by atoms with Crippen molar-refractivity contribution in [3.05, 3.63) is 0 Å². The van der Waals surface area contributed by atoms with Gasteiger partial charge in [0.25, 0.3) is 0 Å². The second kappa shape index (κ2) is 4.39. The van der Waals surface area contributed by atoms with Crippen LogP contribution >= 0.6 is 0 Å². The smallest absolute Gasteiger partial charge is 0.325 e. The van der Waals surface area contributed by atoms with Crippen LogP contribution in [0.5, 0.6) is 0 Å². The molecule has 2 amide bonds. The summed E-state index contributed by atoms with van der Waals surface area (Å²) in [6, 6.07) is -1.16. The van der Waals surface area contributed by atoms with Crippen LogP contribution in [0.25, 0.3) is 0 Å². The Morgan fingerprint density at radius 1 is 1.11 bits per heavy atom. The summed E-state index contributed by atoms with van der Waals surface area (Å²) >= 11 is 0. The molecule has 0 saturated heterocycles. The molecule has 1 unspecified atom stereocenters. The van der Waals surface area contributed by atoms with Gasteiger partial charge in [0.15, 0.2) is 0 Å². The van der Waals surface area contributed by atoms with E-state index >= 15 is 0 Å². The number of carboxylic acid groups (broad SMARTS) is 1. The molecule has 0 aromatic heterocycles. The van der Waals surface area contributed by atoms with Gasteiger partial charge in [0.1, 0.15) is 6.04 Å². The van der Waals surface area contributed by atoms with Gasteiger partial charge in [0.2, 0.25) is 0 Å². The quantitative estimate of drug-likeness (QED) is 0.728. The molecule has 106 valence electrons. The van der Waals surface area contributed by atoms with E-state index in [1.807, 2.05) is 0 Å². The van der Waals surface area contributed by atoms with Gasteiger partial charge in [-0.1, -0.05) is 0 Å². The topological polar surface area (TPSA) is 78.4 Å². The van der Waals surface area contributed by atoms with Gasteiger partial charge in [-0.05, 0) is 63.2 Å². The number of nitrogens with one attached hydrogen (secondary N) is 2. The largest absolute Gasteiger partial charge is 0.480 e. The van der Waals surface area contributed by atoms with Crippen molar-refractivity contribution >= 4 is 12.0 Å². The first-order valence-electron chi connectivity index (χ1n) is 7.27. The summed E-state index contributed by atoms with van der Waals surface area (Å²) in [5.74, 6) is 1.30. The molecule has 0 aromatic carbocycles. The number of urea groups is 1. The molecule has 19 heavy (non-hydrogen) atoms. The highest BCUT2D eigenvalue weighted by atomic mass is 16.4. The Hall–Kier alpha value is -1.26. The molecule has 0 aliphatic heterocycles. The van der Waals surface area contributed by atoms with Gasteiger partial charge in [-0.3, -0.25) is 4.79 Å². The fourth-order valence-electron chi connectivity index (χ4n) is 4.80. The first-order valence-corrected chi connectivity index (χ1v) is 7.27. The monoisotopic (exact) mass is 266 g/mol. The van der Waals surface area contributed by atoms with Gasteiger partial charge < -0.3 is 15.7 Å². The van der Waals surface area contributed by atoms with Crippen LogP contribution in [0.1, 0.15) is 45.4 Å². The Bertz CT molecular complexity index is 372. The summed E-state index contributed by atoms with van der Waals surface area (Å²) in [5.41, 5.74) is -0.0585. The van der Waals surface area contributed by atoms with Gasteiger partial charge in [-0.25, -0.2) is 4.79 Å². The predicted octanol–water partition coefficient (Wildman–Crippen LogP) is 1.73. The molecule has 4 rings (SSSR count). The van der Waals surface area contributed by atoms with Crippen molar-refractivity contribution in [1.82, 2.24) is 10.6 Å². The zero-order valence-electron chi connectivity index (χ0n) is 11.3. The number of carbonyl (C=O) groups excluding carboxylic acids is 1. The first-order chi connectivity index (χ1) is 8.96. The van der Waals surface area contributed by atoms with E-state index < -0.39 is 12.0 Å². The number of rotatable bonds is 3. The second-order valence-electron chi connectivity index (χ2n) is 6.86. The third-order valence-electron chi connectivity index (χ3n) is 5.13. The second-order valence-corrected chi connectivity index (χ2v) is 6.86. The fraction of sp³-hybridized carbons (Fsp3) is 0.857. The van der Waals surface area contributed by atoms with Crippen LogP contribution in [0.15, 0.2) is 0 Å².